The van der Waals surface area contributed by atoms with Crippen molar-refractivity contribution in [2.75, 3.05) is 32.5 Å². The van der Waals surface area contributed by atoms with Gasteiger partial charge in [-0.25, -0.2) is 0 Å². The predicted molar refractivity (Wildman–Crippen MR) is 92.5 cm³/mol. The van der Waals surface area contributed by atoms with Crippen LogP contribution in [0.15, 0.2) is 4.99 Å². The number of ether oxygens (including phenoxy) is 1. The van der Waals surface area contributed by atoms with Crippen LogP contribution in [-0.2, 0) is 4.74 Å². The summed E-state index contributed by atoms with van der Waals surface area (Å²) in [7, 11) is 1.94. The second-order valence-corrected chi connectivity index (χ2v) is 9.83. The third kappa shape index (κ3) is 2.19. The SMILES string of the molecule is CN=C(NC1C2CCOC2C12CCC2)N1CCSC(C)(C)C1. The van der Waals surface area contributed by atoms with E-state index in [0.29, 0.717) is 28.2 Å². The normalized spacial score (nSPS) is 39.1. The summed E-state index contributed by atoms with van der Waals surface area (Å²) in [5, 5.41) is 3.86. The van der Waals surface area contributed by atoms with E-state index in [-0.39, 0.29) is 0 Å². The summed E-state index contributed by atoms with van der Waals surface area (Å²) in [6.45, 7) is 7.84. The summed E-state index contributed by atoms with van der Waals surface area (Å²) < 4.78 is 6.36. The monoisotopic (exact) mass is 323 g/mol. The molecule has 0 aromatic carbocycles. The molecular weight excluding hydrogens is 294 g/mol. The van der Waals surface area contributed by atoms with E-state index in [0.717, 1.165) is 25.7 Å². The van der Waals surface area contributed by atoms with Gasteiger partial charge >= 0.3 is 0 Å². The highest BCUT2D eigenvalue weighted by molar-refractivity contribution is 8.00. The highest BCUT2D eigenvalue weighted by Gasteiger charge is 2.66. The average Bonchev–Trinajstić information content (AvgIpc) is 2.82. The Morgan fingerprint density at radius 1 is 1.36 bits per heavy atom. The second-order valence-electron chi connectivity index (χ2n) is 8.03. The molecule has 3 atom stereocenters. The van der Waals surface area contributed by atoms with Gasteiger partial charge in [-0.1, -0.05) is 6.42 Å². The van der Waals surface area contributed by atoms with Crippen molar-refractivity contribution in [3.8, 4) is 0 Å². The van der Waals surface area contributed by atoms with E-state index in [1.54, 1.807) is 0 Å². The largest absolute Gasteiger partial charge is 0.377 e. The number of nitrogens with zero attached hydrogens (tertiary/aromatic N) is 2. The number of thioether (sulfide) groups is 1. The summed E-state index contributed by atoms with van der Waals surface area (Å²) in [5.41, 5.74) is 0.428. The van der Waals surface area contributed by atoms with Gasteiger partial charge in [0.25, 0.3) is 0 Å². The molecule has 2 aliphatic carbocycles. The molecule has 4 rings (SSSR count). The van der Waals surface area contributed by atoms with Crippen LogP contribution in [0.4, 0.5) is 0 Å². The standard InChI is InChI=1S/C17H29N3OS/c1-16(2)11-20(8-10-22-16)15(18-3)19-13-12-5-9-21-14(12)17(13)6-4-7-17/h12-14H,4-11H2,1-3H3,(H,18,19). The van der Waals surface area contributed by atoms with Gasteiger partial charge in [0.15, 0.2) is 5.96 Å². The van der Waals surface area contributed by atoms with Crippen LogP contribution in [0.2, 0.25) is 0 Å². The molecule has 4 fully saturated rings. The van der Waals surface area contributed by atoms with Crippen molar-refractivity contribution >= 4 is 17.7 Å². The molecule has 0 amide bonds. The van der Waals surface area contributed by atoms with Crippen molar-refractivity contribution in [1.29, 1.82) is 0 Å². The molecule has 0 aromatic rings. The van der Waals surface area contributed by atoms with Crippen molar-refractivity contribution in [1.82, 2.24) is 10.2 Å². The molecule has 22 heavy (non-hydrogen) atoms. The van der Waals surface area contributed by atoms with Gasteiger partial charge in [-0.15, -0.1) is 0 Å². The maximum absolute atomic E-state index is 6.04. The van der Waals surface area contributed by atoms with Gasteiger partial charge in [-0.2, -0.15) is 11.8 Å². The first-order valence-electron chi connectivity index (χ1n) is 8.80. The predicted octanol–water partition coefficient (Wildman–Crippen LogP) is 2.35. The smallest absolute Gasteiger partial charge is 0.193 e. The van der Waals surface area contributed by atoms with Crippen LogP contribution in [-0.4, -0.2) is 60.2 Å². The van der Waals surface area contributed by atoms with Gasteiger partial charge in [0.2, 0.25) is 0 Å². The maximum atomic E-state index is 6.04. The zero-order chi connectivity index (χ0) is 15.4. The van der Waals surface area contributed by atoms with Crippen LogP contribution >= 0.6 is 11.8 Å². The lowest BCUT2D eigenvalue weighted by Crippen LogP contribution is -2.73. The Bertz CT molecular complexity index is 475. The molecule has 0 radical (unpaired) electrons. The van der Waals surface area contributed by atoms with Crippen LogP contribution < -0.4 is 5.32 Å². The van der Waals surface area contributed by atoms with Crippen molar-refractivity contribution in [3.63, 3.8) is 0 Å². The van der Waals surface area contributed by atoms with Gasteiger partial charge < -0.3 is 15.0 Å². The fourth-order valence-corrected chi connectivity index (χ4v) is 6.20. The highest BCUT2D eigenvalue weighted by atomic mass is 32.2. The molecule has 0 aromatic heterocycles. The Kier molecular flexibility index (Phi) is 3.65. The number of guanidine groups is 1. The maximum Gasteiger partial charge on any atom is 0.193 e. The summed E-state index contributed by atoms with van der Waals surface area (Å²) in [6, 6.07) is 0.588. The molecule has 3 unspecified atom stereocenters. The Labute approximate surface area is 138 Å². The van der Waals surface area contributed by atoms with Crippen LogP contribution in [0, 0.1) is 11.3 Å². The van der Waals surface area contributed by atoms with Gasteiger partial charge in [0, 0.05) is 54.6 Å². The van der Waals surface area contributed by atoms with E-state index in [9.17, 15) is 0 Å². The van der Waals surface area contributed by atoms with E-state index in [1.807, 2.05) is 7.05 Å². The van der Waals surface area contributed by atoms with Crippen molar-refractivity contribution in [3.05, 3.63) is 0 Å². The lowest BCUT2D eigenvalue weighted by atomic mass is 9.46. The number of hydrogen-bond acceptors (Lipinski definition) is 3. The van der Waals surface area contributed by atoms with Gasteiger partial charge in [0.1, 0.15) is 0 Å². The molecule has 2 aliphatic heterocycles. The zero-order valence-corrected chi connectivity index (χ0v) is 14.9. The van der Waals surface area contributed by atoms with Crippen molar-refractivity contribution in [2.45, 2.75) is 56.4 Å². The molecule has 2 saturated carbocycles. The van der Waals surface area contributed by atoms with Gasteiger partial charge in [-0.3, -0.25) is 4.99 Å². The molecule has 2 heterocycles. The Morgan fingerprint density at radius 3 is 2.82 bits per heavy atom. The van der Waals surface area contributed by atoms with Crippen LogP contribution in [0.1, 0.15) is 39.5 Å². The molecule has 1 N–H and O–H groups in total. The van der Waals surface area contributed by atoms with Crippen LogP contribution in [0.25, 0.3) is 0 Å². The lowest BCUT2D eigenvalue weighted by Gasteiger charge is -2.63. The van der Waals surface area contributed by atoms with E-state index < -0.39 is 0 Å². The number of nitrogens with one attached hydrogen (secondary N) is 1. The topological polar surface area (TPSA) is 36.9 Å². The Hall–Kier alpha value is -0.420. The Morgan fingerprint density at radius 2 is 2.18 bits per heavy atom. The lowest BCUT2D eigenvalue weighted by molar-refractivity contribution is -0.171. The first-order chi connectivity index (χ1) is 10.6. The number of rotatable bonds is 1. The third-order valence-electron chi connectivity index (χ3n) is 6.26. The fourth-order valence-electron chi connectivity index (χ4n) is 5.09. The molecular formula is C17H29N3OS. The summed E-state index contributed by atoms with van der Waals surface area (Å²) >= 11 is 2.08. The Balaban J connectivity index is 1.47. The van der Waals surface area contributed by atoms with E-state index >= 15 is 0 Å². The minimum Gasteiger partial charge on any atom is -0.377 e. The summed E-state index contributed by atoms with van der Waals surface area (Å²) in [6.07, 6.45) is 5.80. The van der Waals surface area contributed by atoms with Gasteiger partial charge in [-0.05, 0) is 33.1 Å². The number of fused-ring (bicyclic) bond motifs is 2. The number of hydrogen-bond donors (Lipinski definition) is 1. The summed E-state index contributed by atoms with van der Waals surface area (Å²) in [4.78, 5) is 7.08. The van der Waals surface area contributed by atoms with E-state index in [4.69, 9.17) is 4.74 Å². The molecule has 4 aliphatic rings. The minimum absolute atomic E-state index is 0.322. The van der Waals surface area contributed by atoms with Gasteiger partial charge in [0.05, 0.1) is 6.10 Å². The van der Waals surface area contributed by atoms with Crippen LogP contribution in [0.3, 0.4) is 0 Å². The average molecular weight is 324 g/mol. The third-order valence-corrected chi connectivity index (χ3v) is 7.55. The molecule has 124 valence electrons. The van der Waals surface area contributed by atoms with E-state index in [2.05, 4.69) is 40.8 Å². The summed E-state index contributed by atoms with van der Waals surface area (Å²) in [5.74, 6) is 3.03. The second kappa shape index (κ2) is 5.30. The zero-order valence-electron chi connectivity index (χ0n) is 14.1. The van der Waals surface area contributed by atoms with E-state index in [1.165, 1.54) is 31.4 Å². The number of aliphatic imine (C=N–C) groups is 1. The van der Waals surface area contributed by atoms with Crippen LogP contribution in [0.5, 0.6) is 0 Å². The minimum atomic E-state index is 0.322. The van der Waals surface area contributed by atoms with Crippen molar-refractivity contribution < 1.29 is 4.74 Å². The fraction of sp³-hybridized carbons (Fsp3) is 0.941. The first-order valence-corrected chi connectivity index (χ1v) is 9.78. The quantitative estimate of drug-likeness (QED) is 0.594. The molecule has 5 heteroatoms. The molecule has 2 saturated heterocycles. The highest BCUT2D eigenvalue weighted by Crippen LogP contribution is 2.62. The first kappa shape index (κ1) is 15.1. The van der Waals surface area contributed by atoms with Crippen molar-refractivity contribution in [2.24, 2.45) is 16.3 Å². The molecule has 0 bridgehead atoms. The molecule has 4 nitrogen and oxygen atoms in total. The molecule has 1 spiro atoms.